The van der Waals surface area contributed by atoms with E-state index in [-0.39, 0.29) is 17.6 Å². The predicted octanol–water partition coefficient (Wildman–Crippen LogP) is 4.80. The number of carbonyl (C=O) groups is 1. The number of methoxy groups -OCH3 is 1. The third kappa shape index (κ3) is 6.08. The van der Waals surface area contributed by atoms with Crippen molar-refractivity contribution in [3.63, 3.8) is 0 Å². The van der Waals surface area contributed by atoms with Crippen molar-refractivity contribution in [2.24, 2.45) is 0 Å². The maximum atomic E-state index is 13.0. The summed E-state index contributed by atoms with van der Waals surface area (Å²) in [5.74, 6) is 2.31. The molecule has 0 N–H and O–H groups in total. The molecule has 0 radical (unpaired) electrons. The highest BCUT2D eigenvalue weighted by Gasteiger charge is 2.49. The number of rotatable bonds is 7. The lowest BCUT2D eigenvalue weighted by atomic mass is 9.93. The summed E-state index contributed by atoms with van der Waals surface area (Å²) >= 11 is 0. The Kier molecular flexibility index (Phi) is 7.81. The van der Waals surface area contributed by atoms with Crippen LogP contribution in [0.15, 0.2) is 36.1 Å². The van der Waals surface area contributed by atoms with Gasteiger partial charge in [-0.15, -0.1) is 0 Å². The molecule has 2 fully saturated rings. The largest absolute Gasteiger partial charge is 0.490 e. The SMILES string of the molecule is COC(=C=O)C[C@H](CN1CCC2(CCCN2C(=O)OC(C)(C)C)C1)c1cccc(-n2nc(C)cc2C)c1. The first-order chi connectivity index (χ1) is 17.5. The van der Waals surface area contributed by atoms with Crippen molar-refractivity contribution in [2.45, 2.75) is 77.4 Å². The van der Waals surface area contributed by atoms with E-state index in [0.29, 0.717) is 12.2 Å². The molecule has 1 aromatic carbocycles. The second-order valence-corrected chi connectivity index (χ2v) is 11.5. The summed E-state index contributed by atoms with van der Waals surface area (Å²) in [5.41, 5.74) is 3.44. The van der Waals surface area contributed by atoms with Gasteiger partial charge in [0.1, 0.15) is 5.60 Å². The van der Waals surface area contributed by atoms with Crippen LogP contribution in [-0.4, -0.2) is 76.0 Å². The van der Waals surface area contributed by atoms with Gasteiger partial charge >= 0.3 is 6.09 Å². The molecule has 8 heteroatoms. The molecule has 1 spiro atoms. The number of hydrogen-bond donors (Lipinski definition) is 0. The maximum absolute atomic E-state index is 13.0. The van der Waals surface area contributed by atoms with Crippen LogP contribution >= 0.6 is 0 Å². The molecule has 0 aliphatic carbocycles. The number of aromatic nitrogens is 2. The number of nitrogens with zero attached hydrogens (tertiary/aromatic N) is 4. The third-order valence-electron chi connectivity index (χ3n) is 7.49. The first-order valence-corrected chi connectivity index (χ1v) is 13.2. The van der Waals surface area contributed by atoms with Crippen LogP contribution in [0.5, 0.6) is 0 Å². The van der Waals surface area contributed by atoms with Crippen LogP contribution in [0.1, 0.15) is 69.3 Å². The molecule has 200 valence electrons. The fraction of sp³-hybridized carbons (Fsp3) is 0.586. The van der Waals surface area contributed by atoms with Gasteiger partial charge in [-0.1, -0.05) is 12.1 Å². The Morgan fingerprint density at radius 3 is 2.62 bits per heavy atom. The molecule has 37 heavy (non-hydrogen) atoms. The molecule has 0 bridgehead atoms. The summed E-state index contributed by atoms with van der Waals surface area (Å²) in [6.07, 6.45) is 3.14. The number of allylic oxidation sites excluding steroid dienone is 1. The van der Waals surface area contributed by atoms with E-state index >= 15 is 0 Å². The van der Waals surface area contributed by atoms with E-state index in [1.807, 2.05) is 56.2 Å². The van der Waals surface area contributed by atoms with E-state index in [1.54, 1.807) is 0 Å². The summed E-state index contributed by atoms with van der Waals surface area (Å²) in [6, 6.07) is 10.4. The molecule has 0 saturated carbocycles. The van der Waals surface area contributed by atoms with Gasteiger partial charge in [0.2, 0.25) is 0 Å². The van der Waals surface area contributed by atoms with Gasteiger partial charge in [-0.3, -0.25) is 0 Å². The van der Waals surface area contributed by atoms with Crippen LogP contribution in [0, 0.1) is 13.8 Å². The molecular formula is C29H40N4O4. The van der Waals surface area contributed by atoms with Gasteiger partial charge in [0, 0.05) is 44.2 Å². The van der Waals surface area contributed by atoms with Gasteiger partial charge in [-0.2, -0.15) is 5.10 Å². The fourth-order valence-electron chi connectivity index (χ4n) is 5.85. The van der Waals surface area contributed by atoms with E-state index < -0.39 is 5.60 Å². The smallest absolute Gasteiger partial charge is 0.410 e. The minimum atomic E-state index is -0.515. The van der Waals surface area contributed by atoms with E-state index in [1.165, 1.54) is 7.11 Å². The van der Waals surface area contributed by atoms with E-state index in [9.17, 15) is 9.59 Å². The zero-order chi connectivity index (χ0) is 26.8. The molecule has 8 nitrogen and oxygen atoms in total. The lowest BCUT2D eigenvalue weighted by Crippen LogP contribution is -2.50. The van der Waals surface area contributed by atoms with Gasteiger partial charge in [0.15, 0.2) is 11.7 Å². The first kappa shape index (κ1) is 27.0. The van der Waals surface area contributed by atoms with Gasteiger partial charge < -0.3 is 19.3 Å². The van der Waals surface area contributed by atoms with Crippen molar-refractivity contribution in [1.29, 1.82) is 0 Å². The van der Waals surface area contributed by atoms with E-state index in [4.69, 9.17) is 9.47 Å². The summed E-state index contributed by atoms with van der Waals surface area (Å²) in [7, 11) is 1.52. The number of ether oxygens (including phenoxy) is 2. The number of benzene rings is 1. The monoisotopic (exact) mass is 508 g/mol. The Morgan fingerprint density at radius 1 is 1.19 bits per heavy atom. The molecule has 1 unspecified atom stereocenters. The molecule has 1 amide bonds. The predicted molar refractivity (Wildman–Crippen MR) is 143 cm³/mol. The van der Waals surface area contributed by atoms with Crippen molar-refractivity contribution in [2.75, 3.05) is 33.3 Å². The Bertz CT molecular complexity index is 1180. The zero-order valence-electron chi connectivity index (χ0n) is 23.0. The Labute approximate surface area is 220 Å². The third-order valence-corrected chi connectivity index (χ3v) is 7.49. The van der Waals surface area contributed by atoms with Gasteiger partial charge in [0.05, 0.1) is 24.0 Å². The number of aryl methyl sites for hydroxylation is 2. The molecule has 1 aromatic heterocycles. The molecule has 2 aliphatic rings. The molecule has 2 saturated heterocycles. The molecule has 2 aromatic rings. The van der Waals surface area contributed by atoms with Crippen LogP contribution in [0.2, 0.25) is 0 Å². The number of amides is 1. The summed E-state index contributed by atoms with van der Waals surface area (Å²) < 4.78 is 13.0. The van der Waals surface area contributed by atoms with E-state index in [0.717, 1.165) is 68.1 Å². The van der Waals surface area contributed by atoms with Crippen LogP contribution in [0.25, 0.3) is 5.69 Å². The highest BCUT2D eigenvalue weighted by molar-refractivity contribution is 5.70. The summed E-state index contributed by atoms with van der Waals surface area (Å²) in [6.45, 7) is 12.9. The number of hydrogen-bond acceptors (Lipinski definition) is 6. The summed E-state index contributed by atoms with van der Waals surface area (Å²) in [5, 5.41) is 4.64. The highest BCUT2D eigenvalue weighted by atomic mass is 16.6. The van der Waals surface area contributed by atoms with Gasteiger partial charge in [-0.05, 0) is 77.6 Å². The average Bonchev–Trinajstić information content (AvgIpc) is 3.54. The number of likely N-dealkylation sites (tertiary alicyclic amines) is 2. The Hall–Kier alpha value is -3.09. The molecular weight excluding hydrogens is 468 g/mol. The van der Waals surface area contributed by atoms with Crippen LogP contribution in [-0.2, 0) is 14.3 Å². The van der Waals surface area contributed by atoms with Crippen molar-refractivity contribution < 1.29 is 19.1 Å². The average molecular weight is 509 g/mol. The van der Waals surface area contributed by atoms with Gasteiger partial charge in [-0.25, -0.2) is 14.3 Å². The van der Waals surface area contributed by atoms with Crippen molar-refractivity contribution in [3.05, 3.63) is 53.0 Å². The van der Waals surface area contributed by atoms with E-state index in [2.05, 4.69) is 34.3 Å². The fourth-order valence-corrected chi connectivity index (χ4v) is 5.85. The number of carbonyl (C=O) groups excluding carboxylic acids is 2. The van der Waals surface area contributed by atoms with Crippen molar-refractivity contribution in [3.8, 4) is 5.69 Å². The lowest BCUT2D eigenvalue weighted by Gasteiger charge is -2.36. The first-order valence-electron chi connectivity index (χ1n) is 13.2. The standard InChI is InChI=1S/C29H40N4O4/c1-21-15-22(2)33(30-21)25-10-7-9-23(16-25)24(17-26(19-34)36-6)18-31-14-12-29(20-31)11-8-13-32(29)27(35)37-28(3,4)5/h7,9-10,15-16,24H,8,11-14,17-18,20H2,1-6H3/t24-,29?/m1/s1. The molecule has 2 aliphatic heterocycles. The second-order valence-electron chi connectivity index (χ2n) is 11.5. The van der Waals surface area contributed by atoms with Crippen molar-refractivity contribution in [1.82, 2.24) is 19.6 Å². The lowest BCUT2D eigenvalue weighted by molar-refractivity contribution is 0.00917. The van der Waals surface area contributed by atoms with Crippen LogP contribution < -0.4 is 0 Å². The molecule has 3 heterocycles. The Morgan fingerprint density at radius 2 is 1.97 bits per heavy atom. The normalized spacial score (nSPS) is 20.8. The second kappa shape index (κ2) is 10.7. The molecule has 2 atom stereocenters. The topological polar surface area (TPSA) is 76.9 Å². The maximum Gasteiger partial charge on any atom is 0.410 e. The Balaban J connectivity index is 1.56. The highest BCUT2D eigenvalue weighted by Crippen LogP contribution is 2.40. The molecule has 4 rings (SSSR count). The zero-order valence-corrected chi connectivity index (χ0v) is 23.0. The van der Waals surface area contributed by atoms with Crippen LogP contribution in [0.3, 0.4) is 0 Å². The minimum Gasteiger partial charge on any atom is -0.490 e. The quantitative estimate of drug-likeness (QED) is 0.395. The minimum absolute atomic E-state index is 0.0276. The van der Waals surface area contributed by atoms with Crippen molar-refractivity contribution >= 4 is 12.0 Å². The van der Waals surface area contributed by atoms with Gasteiger partial charge in [0.25, 0.3) is 0 Å². The summed E-state index contributed by atoms with van der Waals surface area (Å²) in [4.78, 5) is 28.9. The van der Waals surface area contributed by atoms with Crippen LogP contribution in [0.4, 0.5) is 4.79 Å².